The van der Waals surface area contributed by atoms with E-state index in [1.165, 1.54) is 49.2 Å². The minimum Gasteiger partial charge on any atom is -0.482 e. The first kappa shape index (κ1) is 26.3. The number of amides is 1. The van der Waals surface area contributed by atoms with Crippen LogP contribution in [0.1, 0.15) is 24.0 Å². The molecule has 2 N–H and O–H groups in total. The lowest BCUT2D eigenvalue weighted by Crippen LogP contribution is -2.47. The third-order valence-corrected chi connectivity index (χ3v) is 6.73. The molecular formula is C26H21ClF3NO6. The standard InChI is InChI=1S/C26H21ClF3NO6/c1-14(17-9-7-15(11-19(17)27)18-5-3-4-6-21(18)37-24(33)34)25(35,26(28,29)30)16-8-10-22-20(12-16)31(2)23(32)13-36-22/h3-12,14,35H,13H2,1-2H3,(H,33,34). The van der Waals surface area contributed by atoms with Crippen molar-refractivity contribution in [2.75, 3.05) is 18.6 Å². The normalized spacial score (nSPS) is 15.9. The Morgan fingerprint density at radius 2 is 1.84 bits per heavy atom. The highest BCUT2D eigenvalue weighted by Crippen LogP contribution is 2.51. The van der Waals surface area contributed by atoms with E-state index in [9.17, 15) is 27.9 Å². The number of hydrogen-bond donors (Lipinski definition) is 2. The molecule has 2 unspecified atom stereocenters. The fraction of sp³-hybridized carbons (Fsp3) is 0.231. The van der Waals surface area contributed by atoms with Gasteiger partial charge in [-0.3, -0.25) is 4.79 Å². The van der Waals surface area contributed by atoms with Gasteiger partial charge in [-0.15, -0.1) is 0 Å². The number of fused-ring (bicyclic) bond motifs is 1. The number of rotatable bonds is 5. The van der Waals surface area contributed by atoms with E-state index in [0.717, 1.165) is 12.1 Å². The molecule has 7 nitrogen and oxygen atoms in total. The summed E-state index contributed by atoms with van der Waals surface area (Å²) in [6.45, 7) is 0.950. The molecule has 2 atom stereocenters. The van der Waals surface area contributed by atoms with Crippen LogP contribution in [0.4, 0.5) is 23.7 Å². The first-order valence-electron chi connectivity index (χ1n) is 11.0. The molecule has 0 spiro atoms. The number of carboxylic acid groups (broad SMARTS) is 1. The zero-order valence-electron chi connectivity index (χ0n) is 19.5. The first-order chi connectivity index (χ1) is 17.3. The molecule has 3 aromatic carbocycles. The second-order valence-corrected chi connectivity index (χ2v) is 8.92. The largest absolute Gasteiger partial charge is 0.511 e. The third-order valence-electron chi connectivity index (χ3n) is 6.41. The zero-order valence-corrected chi connectivity index (χ0v) is 20.3. The van der Waals surface area contributed by atoms with Crippen LogP contribution >= 0.6 is 11.6 Å². The van der Waals surface area contributed by atoms with Crippen LogP contribution in [-0.4, -0.2) is 42.1 Å². The summed E-state index contributed by atoms with van der Waals surface area (Å²) in [6.07, 6.45) is -6.65. The lowest BCUT2D eigenvalue weighted by Gasteiger charge is -2.38. The number of halogens is 4. The molecule has 4 rings (SSSR count). The van der Waals surface area contributed by atoms with Crippen molar-refractivity contribution in [1.29, 1.82) is 0 Å². The number of para-hydroxylation sites is 1. The number of benzene rings is 3. The van der Waals surface area contributed by atoms with Crippen molar-refractivity contribution in [3.8, 4) is 22.6 Å². The van der Waals surface area contributed by atoms with Gasteiger partial charge in [0.05, 0.1) is 5.69 Å². The molecule has 0 aromatic heterocycles. The van der Waals surface area contributed by atoms with Gasteiger partial charge in [-0.1, -0.05) is 54.9 Å². The van der Waals surface area contributed by atoms with E-state index in [0.29, 0.717) is 11.1 Å². The topological polar surface area (TPSA) is 96.3 Å². The van der Waals surface area contributed by atoms with Crippen molar-refractivity contribution in [1.82, 2.24) is 0 Å². The molecule has 194 valence electrons. The van der Waals surface area contributed by atoms with Gasteiger partial charge in [0.2, 0.25) is 0 Å². The van der Waals surface area contributed by atoms with Crippen molar-refractivity contribution in [3.05, 3.63) is 76.8 Å². The van der Waals surface area contributed by atoms with Gasteiger partial charge in [0.25, 0.3) is 5.91 Å². The summed E-state index contributed by atoms with van der Waals surface area (Å²) >= 11 is 6.42. The Kier molecular flexibility index (Phi) is 6.83. The molecule has 0 aliphatic carbocycles. The number of hydrogen-bond acceptors (Lipinski definition) is 5. The molecule has 0 bridgehead atoms. The van der Waals surface area contributed by atoms with Crippen molar-refractivity contribution in [3.63, 3.8) is 0 Å². The average molecular weight is 536 g/mol. The minimum absolute atomic E-state index is 0.000257. The molecule has 1 heterocycles. The van der Waals surface area contributed by atoms with Gasteiger partial charge < -0.3 is 24.6 Å². The Hall–Kier alpha value is -3.76. The van der Waals surface area contributed by atoms with Crippen LogP contribution in [0, 0.1) is 0 Å². The predicted molar refractivity (Wildman–Crippen MR) is 129 cm³/mol. The minimum atomic E-state index is -5.12. The maximum atomic E-state index is 14.5. The molecule has 3 aromatic rings. The maximum absolute atomic E-state index is 14.5. The van der Waals surface area contributed by atoms with Gasteiger partial charge in [-0.05, 0) is 41.0 Å². The molecule has 0 saturated heterocycles. The highest BCUT2D eigenvalue weighted by molar-refractivity contribution is 6.31. The summed E-state index contributed by atoms with van der Waals surface area (Å²) < 4.78 is 53.6. The molecule has 0 radical (unpaired) electrons. The van der Waals surface area contributed by atoms with Crippen LogP contribution in [-0.2, 0) is 10.4 Å². The molecule has 1 aliphatic heterocycles. The number of likely N-dealkylation sites (N-methyl/N-ethyl adjacent to an activating group) is 1. The van der Waals surface area contributed by atoms with E-state index in [1.807, 2.05) is 0 Å². The van der Waals surface area contributed by atoms with Crippen molar-refractivity contribution < 1.29 is 42.4 Å². The van der Waals surface area contributed by atoms with Crippen LogP contribution in [0.5, 0.6) is 11.5 Å². The maximum Gasteiger partial charge on any atom is 0.511 e. The van der Waals surface area contributed by atoms with Gasteiger partial charge in [-0.25, -0.2) is 4.79 Å². The van der Waals surface area contributed by atoms with Gasteiger partial charge >= 0.3 is 12.3 Å². The monoisotopic (exact) mass is 535 g/mol. The first-order valence-corrected chi connectivity index (χ1v) is 11.3. The molecule has 1 aliphatic rings. The smallest absolute Gasteiger partial charge is 0.482 e. The van der Waals surface area contributed by atoms with Crippen LogP contribution < -0.4 is 14.4 Å². The van der Waals surface area contributed by atoms with Crippen LogP contribution in [0.2, 0.25) is 5.02 Å². The number of carbonyl (C=O) groups excluding carboxylic acids is 1. The number of ether oxygens (including phenoxy) is 2. The van der Waals surface area contributed by atoms with Gasteiger partial charge in [0.1, 0.15) is 11.5 Å². The third kappa shape index (κ3) is 4.70. The van der Waals surface area contributed by atoms with E-state index in [2.05, 4.69) is 0 Å². The number of carbonyl (C=O) groups is 2. The van der Waals surface area contributed by atoms with E-state index in [1.54, 1.807) is 18.2 Å². The Labute approximate surface area is 214 Å². The van der Waals surface area contributed by atoms with Crippen molar-refractivity contribution >= 4 is 29.4 Å². The van der Waals surface area contributed by atoms with Gasteiger partial charge in [0, 0.05) is 23.6 Å². The summed E-state index contributed by atoms with van der Waals surface area (Å²) in [4.78, 5) is 24.2. The summed E-state index contributed by atoms with van der Waals surface area (Å²) in [6, 6.07) is 13.9. The Morgan fingerprint density at radius 1 is 1.14 bits per heavy atom. The molecule has 0 fully saturated rings. The van der Waals surface area contributed by atoms with E-state index < -0.39 is 35.3 Å². The van der Waals surface area contributed by atoms with E-state index in [-0.39, 0.29) is 34.4 Å². The van der Waals surface area contributed by atoms with E-state index in [4.69, 9.17) is 26.2 Å². The summed E-state index contributed by atoms with van der Waals surface area (Å²) in [5, 5.41) is 20.1. The average Bonchev–Trinajstić information content (AvgIpc) is 2.84. The zero-order chi connectivity index (χ0) is 27.1. The Balaban J connectivity index is 1.78. The van der Waals surface area contributed by atoms with Crippen LogP contribution in [0.25, 0.3) is 11.1 Å². The lowest BCUT2D eigenvalue weighted by atomic mass is 9.77. The number of aliphatic hydroxyl groups is 1. The molecule has 11 heteroatoms. The van der Waals surface area contributed by atoms with Crippen molar-refractivity contribution in [2.45, 2.75) is 24.6 Å². The number of anilines is 1. The summed E-state index contributed by atoms with van der Waals surface area (Å²) in [5.41, 5.74) is -3.00. The SMILES string of the molecule is CC(c1ccc(-c2ccccc2OC(=O)O)cc1Cl)C(O)(c1ccc2c(c1)N(C)C(=O)CO2)C(F)(F)F. The second kappa shape index (κ2) is 9.60. The highest BCUT2D eigenvalue weighted by Gasteiger charge is 2.59. The quantitative estimate of drug-likeness (QED) is 0.308. The Morgan fingerprint density at radius 3 is 2.49 bits per heavy atom. The molecule has 1 amide bonds. The van der Waals surface area contributed by atoms with Crippen LogP contribution in [0.3, 0.4) is 0 Å². The number of nitrogens with zero attached hydrogens (tertiary/aromatic N) is 1. The van der Waals surface area contributed by atoms with Crippen molar-refractivity contribution in [2.24, 2.45) is 0 Å². The van der Waals surface area contributed by atoms with E-state index >= 15 is 0 Å². The molecule has 0 saturated carbocycles. The fourth-order valence-electron chi connectivity index (χ4n) is 4.33. The van der Waals surface area contributed by atoms with Gasteiger partial charge in [-0.2, -0.15) is 13.2 Å². The van der Waals surface area contributed by atoms with Gasteiger partial charge in [0.15, 0.2) is 12.2 Å². The predicted octanol–water partition coefficient (Wildman–Crippen LogP) is 5.97. The van der Waals surface area contributed by atoms with Crippen LogP contribution in [0.15, 0.2) is 60.7 Å². The molecule has 37 heavy (non-hydrogen) atoms. The highest BCUT2D eigenvalue weighted by atomic mass is 35.5. The molecular weight excluding hydrogens is 515 g/mol. The lowest BCUT2D eigenvalue weighted by molar-refractivity contribution is -0.274. The summed E-state index contributed by atoms with van der Waals surface area (Å²) in [7, 11) is 1.41. The number of alkyl halides is 3. The Bertz CT molecular complexity index is 1380. The summed E-state index contributed by atoms with van der Waals surface area (Å²) in [5.74, 6) is -1.79. The second-order valence-electron chi connectivity index (χ2n) is 8.51. The fourth-order valence-corrected chi connectivity index (χ4v) is 4.67.